The molecule has 0 aliphatic heterocycles. The van der Waals surface area contributed by atoms with E-state index in [1.54, 1.807) is 20.1 Å². The number of anilines is 1. The summed E-state index contributed by atoms with van der Waals surface area (Å²) in [7, 11) is 1.63. The molecule has 0 unspecified atom stereocenters. The molecule has 146 valence electrons. The van der Waals surface area contributed by atoms with E-state index >= 15 is 0 Å². The Morgan fingerprint density at radius 2 is 1.93 bits per heavy atom. The van der Waals surface area contributed by atoms with Gasteiger partial charge in [-0.05, 0) is 51.1 Å². The topological polar surface area (TPSA) is 81.4 Å². The molecule has 0 aliphatic rings. The molecule has 1 aromatic carbocycles. The lowest BCUT2D eigenvalue weighted by molar-refractivity contribution is -0.116. The zero-order chi connectivity index (χ0) is 20.3. The number of hydrogen-bond donors (Lipinski definition) is 1. The maximum atomic E-state index is 12.3. The van der Waals surface area contributed by atoms with Crippen LogP contribution in [0.3, 0.4) is 0 Å². The molecule has 0 spiro atoms. The largest absolute Gasteiger partial charge is 0.497 e. The van der Waals surface area contributed by atoms with Crippen molar-refractivity contribution < 1.29 is 18.7 Å². The summed E-state index contributed by atoms with van der Waals surface area (Å²) in [5.41, 5.74) is 2.38. The number of carbonyl (C=O) groups excluding carboxylic acids is 2. The number of ether oxygens (including phenoxy) is 1. The molecule has 0 bridgehead atoms. The molecule has 0 saturated carbocycles. The van der Waals surface area contributed by atoms with Gasteiger partial charge in [0.05, 0.1) is 18.4 Å². The van der Waals surface area contributed by atoms with E-state index in [0.29, 0.717) is 28.6 Å². The molecule has 0 saturated heterocycles. The molecule has 3 rings (SSSR count). The smallest absolute Gasteiger partial charge is 0.226 e. The molecule has 2 heterocycles. The van der Waals surface area contributed by atoms with Crippen LogP contribution in [-0.4, -0.2) is 23.8 Å². The van der Waals surface area contributed by atoms with Crippen LogP contribution in [0.1, 0.15) is 40.1 Å². The lowest BCUT2D eigenvalue weighted by Gasteiger charge is -2.02. The maximum Gasteiger partial charge on any atom is 0.226 e. The second kappa shape index (κ2) is 8.39. The van der Waals surface area contributed by atoms with Gasteiger partial charge >= 0.3 is 0 Å². The highest BCUT2D eigenvalue weighted by Crippen LogP contribution is 2.31. The Bertz CT molecular complexity index is 1000. The Labute approximate surface area is 167 Å². The van der Waals surface area contributed by atoms with Gasteiger partial charge in [-0.25, -0.2) is 4.98 Å². The van der Waals surface area contributed by atoms with Crippen LogP contribution in [0.5, 0.6) is 5.75 Å². The standard InChI is InChI=1S/C21H22N2O4S/c1-12(24)18-11-17(27-13(18)2)9-10-19(25)22-21-23-20(14(3)28-21)15-5-7-16(26-4)8-6-15/h5-8,11H,9-10H2,1-4H3,(H,22,23,25). The molecule has 0 radical (unpaired) electrons. The van der Waals surface area contributed by atoms with E-state index in [2.05, 4.69) is 10.3 Å². The minimum absolute atomic E-state index is 0.0405. The first-order valence-electron chi connectivity index (χ1n) is 8.89. The average molecular weight is 398 g/mol. The Balaban J connectivity index is 1.63. The first kappa shape index (κ1) is 19.8. The van der Waals surface area contributed by atoms with Crippen LogP contribution in [0.2, 0.25) is 0 Å². The summed E-state index contributed by atoms with van der Waals surface area (Å²) in [5, 5.41) is 3.41. The predicted molar refractivity (Wildman–Crippen MR) is 109 cm³/mol. The normalized spacial score (nSPS) is 10.7. The van der Waals surface area contributed by atoms with Crippen LogP contribution in [0.4, 0.5) is 5.13 Å². The SMILES string of the molecule is COc1ccc(-c2nc(NC(=O)CCc3cc(C(C)=O)c(C)o3)sc2C)cc1. The molecule has 2 aromatic heterocycles. The van der Waals surface area contributed by atoms with Crippen molar-refractivity contribution in [1.29, 1.82) is 0 Å². The Morgan fingerprint density at radius 3 is 2.54 bits per heavy atom. The lowest BCUT2D eigenvalue weighted by atomic mass is 10.1. The number of hydrogen-bond acceptors (Lipinski definition) is 6. The Morgan fingerprint density at radius 1 is 1.21 bits per heavy atom. The van der Waals surface area contributed by atoms with Gasteiger partial charge in [0.15, 0.2) is 10.9 Å². The number of thiazole rings is 1. The summed E-state index contributed by atoms with van der Waals surface area (Å²) in [4.78, 5) is 29.3. The highest BCUT2D eigenvalue weighted by molar-refractivity contribution is 7.16. The zero-order valence-electron chi connectivity index (χ0n) is 16.3. The molecule has 28 heavy (non-hydrogen) atoms. The second-order valence-corrected chi connectivity index (χ2v) is 7.64. The molecule has 6 nitrogen and oxygen atoms in total. The van der Waals surface area contributed by atoms with Crippen molar-refractivity contribution in [3.05, 3.63) is 52.3 Å². The van der Waals surface area contributed by atoms with Gasteiger partial charge in [0, 0.05) is 23.3 Å². The molecule has 1 amide bonds. The number of aryl methyl sites for hydroxylation is 3. The number of carbonyl (C=O) groups is 2. The first-order chi connectivity index (χ1) is 13.4. The van der Waals surface area contributed by atoms with Crippen LogP contribution in [0, 0.1) is 13.8 Å². The van der Waals surface area contributed by atoms with Gasteiger partial charge in [0.25, 0.3) is 0 Å². The predicted octanol–water partition coefficient (Wildman–Crippen LogP) is 4.80. The molecule has 1 N–H and O–H groups in total. The van der Waals surface area contributed by atoms with Crippen LogP contribution < -0.4 is 10.1 Å². The van der Waals surface area contributed by atoms with Crippen LogP contribution >= 0.6 is 11.3 Å². The Kier molecular flexibility index (Phi) is 5.94. The number of furan rings is 1. The fourth-order valence-corrected chi connectivity index (χ4v) is 3.75. The van der Waals surface area contributed by atoms with E-state index in [1.807, 2.05) is 31.2 Å². The van der Waals surface area contributed by atoms with Crippen molar-refractivity contribution in [2.75, 3.05) is 12.4 Å². The third-order valence-electron chi connectivity index (χ3n) is 4.35. The number of amides is 1. The van der Waals surface area contributed by atoms with Gasteiger partial charge in [-0.1, -0.05) is 0 Å². The van der Waals surface area contributed by atoms with Gasteiger partial charge < -0.3 is 14.5 Å². The van der Waals surface area contributed by atoms with Gasteiger partial charge in [0.2, 0.25) is 5.91 Å². The van der Waals surface area contributed by atoms with Crippen molar-refractivity contribution in [2.45, 2.75) is 33.6 Å². The number of nitrogens with one attached hydrogen (secondary N) is 1. The van der Waals surface area contributed by atoms with E-state index in [1.165, 1.54) is 18.3 Å². The van der Waals surface area contributed by atoms with E-state index in [-0.39, 0.29) is 18.1 Å². The van der Waals surface area contributed by atoms with E-state index in [0.717, 1.165) is 21.9 Å². The molecular formula is C21H22N2O4S. The van der Waals surface area contributed by atoms with Crippen LogP contribution in [-0.2, 0) is 11.2 Å². The van der Waals surface area contributed by atoms with E-state index < -0.39 is 0 Å². The summed E-state index contributed by atoms with van der Waals surface area (Å²) in [5.74, 6) is 1.82. The quantitative estimate of drug-likeness (QED) is 0.578. The number of rotatable bonds is 7. The number of ketones is 1. The molecule has 0 fully saturated rings. The fraction of sp³-hybridized carbons (Fsp3) is 0.286. The van der Waals surface area contributed by atoms with Gasteiger partial charge in [-0.3, -0.25) is 9.59 Å². The minimum Gasteiger partial charge on any atom is -0.497 e. The summed E-state index contributed by atoms with van der Waals surface area (Å²) in [6.45, 7) is 5.22. The monoisotopic (exact) mass is 398 g/mol. The van der Waals surface area contributed by atoms with Crippen LogP contribution in [0.25, 0.3) is 11.3 Å². The summed E-state index contributed by atoms with van der Waals surface area (Å²) in [6.07, 6.45) is 0.677. The summed E-state index contributed by atoms with van der Waals surface area (Å²) in [6, 6.07) is 9.36. The minimum atomic E-state index is -0.145. The number of aromatic nitrogens is 1. The number of methoxy groups -OCH3 is 1. The average Bonchev–Trinajstić information content (AvgIpc) is 3.22. The van der Waals surface area contributed by atoms with Gasteiger partial charge in [-0.15, -0.1) is 11.3 Å². The molecule has 3 aromatic rings. The van der Waals surface area contributed by atoms with E-state index in [9.17, 15) is 9.59 Å². The van der Waals surface area contributed by atoms with Gasteiger partial charge in [0.1, 0.15) is 17.3 Å². The van der Waals surface area contributed by atoms with Crippen molar-refractivity contribution in [3.8, 4) is 17.0 Å². The molecular weight excluding hydrogens is 376 g/mol. The van der Waals surface area contributed by atoms with Crippen molar-refractivity contribution in [2.24, 2.45) is 0 Å². The maximum absolute atomic E-state index is 12.3. The second-order valence-electron chi connectivity index (χ2n) is 6.44. The highest BCUT2D eigenvalue weighted by Gasteiger charge is 2.15. The highest BCUT2D eigenvalue weighted by atomic mass is 32.1. The number of Topliss-reactive ketones (excluding diaryl/α,β-unsaturated/α-hetero) is 1. The third-order valence-corrected chi connectivity index (χ3v) is 5.24. The Hall–Kier alpha value is -2.93. The third kappa shape index (κ3) is 4.48. The lowest BCUT2D eigenvalue weighted by Crippen LogP contribution is -2.11. The van der Waals surface area contributed by atoms with Crippen LogP contribution in [0.15, 0.2) is 34.7 Å². The molecule has 7 heteroatoms. The summed E-state index contributed by atoms with van der Waals surface area (Å²) < 4.78 is 10.7. The number of benzene rings is 1. The van der Waals surface area contributed by atoms with E-state index in [4.69, 9.17) is 9.15 Å². The van der Waals surface area contributed by atoms with Gasteiger partial charge in [-0.2, -0.15) is 0 Å². The summed E-state index contributed by atoms with van der Waals surface area (Å²) >= 11 is 1.44. The molecule has 0 aliphatic carbocycles. The van der Waals surface area contributed by atoms with Crippen molar-refractivity contribution >= 4 is 28.2 Å². The zero-order valence-corrected chi connectivity index (χ0v) is 17.1. The molecule has 0 atom stereocenters. The fourth-order valence-electron chi connectivity index (χ4n) is 2.90. The number of nitrogens with zero attached hydrogens (tertiary/aromatic N) is 1. The van der Waals surface area contributed by atoms with Crippen molar-refractivity contribution in [1.82, 2.24) is 4.98 Å². The first-order valence-corrected chi connectivity index (χ1v) is 9.71. The van der Waals surface area contributed by atoms with Crippen molar-refractivity contribution in [3.63, 3.8) is 0 Å².